The number of benzene rings is 1. The van der Waals surface area contributed by atoms with Gasteiger partial charge in [-0.3, -0.25) is 4.79 Å². The number of aryl methyl sites for hydroxylation is 1. The first-order valence-corrected chi connectivity index (χ1v) is 9.97. The van der Waals surface area contributed by atoms with Crippen LogP contribution in [0.4, 0.5) is 10.1 Å². The number of hydrogen-bond donors (Lipinski definition) is 0. The van der Waals surface area contributed by atoms with E-state index in [2.05, 4.69) is 29.8 Å². The smallest absolute Gasteiger partial charge is 0.252 e. The molecule has 154 valence electrons. The number of ether oxygens (including phenoxy) is 1. The summed E-state index contributed by atoms with van der Waals surface area (Å²) in [6, 6.07) is 13.2. The molecule has 1 saturated heterocycles. The molecule has 0 spiro atoms. The molecular formula is C23H23FN4O2. The highest BCUT2D eigenvalue weighted by atomic mass is 19.1. The van der Waals surface area contributed by atoms with E-state index in [-0.39, 0.29) is 29.4 Å². The first-order chi connectivity index (χ1) is 14.4. The van der Waals surface area contributed by atoms with E-state index in [0.29, 0.717) is 29.0 Å². The van der Waals surface area contributed by atoms with Crippen molar-refractivity contribution in [2.45, 2.75) is 32.4 Å². The lowest BCUT2D eigenvalue weighted by Crippen LogP contribution is -2.50. The van der Waals surface area contributed by atoms with Crippen LogP contribution in [-0.4, -0.2) is 28.2 Å². The summed E-state index contributed by atoms with van der Waals surface area (Å²) < 4.78 is 20.8. The van der Waals surface area contributed by atoms with Crippen LogP contribution in [-0.2, 0) is 7.05 Å². The molecule has 1 aliphatic rings. The van der Waals surface area contributed by atoms with Gasteiger partial charge in [0.1, 0.15) is 35.0 Å². The summed E-state index contributed by atoms with van der Waals surface area (Å²) in [5.41, 5.74) is 2.28. The second kappa shape index (κ2) is 7.79. The third-order valence-electron chi connectivity index (χ3n) is 5.82. The topological polar surface area (TPSA) is 71.2 Å². The predicted molar refractivity (Wildman–Crippen MR) is 113 cm³/mol. The summed E-state index contributed by atoms with van der Waals surface area (Å²) in [5.74, 6) is 0.526. The van der Waals surface area contributed by atoms with Crippen molar-refractivity contribution in [3.05, 3.63) is 64.3 Å². The highest BCUT2D eigenvalue weighted by molar-refractivity contribution is 5.88. The van der Waals surface area contributed by atoms with Gasteiger partial charge in [0.05, 0.1) is 11.2 Å². The van der Waals surface area contributed by atoms with Crippen molar-refractivity contribution in [2.24, 2.45) is 13.0 Å². The third kappa shape index (κ3) is 3.61. The molecule has 30 heavy (non-hydrogen) atoms. The van der Waals surface area contributed by atoms with Gasteiger partial charge in [0.15, 0.2) is 0 Å². The van der Waals surface area contributed by atoms with Gasteiger partial charge < -0.3 is 14.2 Å². The fourth-order valence-electron chi connectivity index (χ4n) is 4.08. The van der Waals surface area contributed by atoms with E-state index in [1.54, 1.807) is 41.9 Å². The Bertz CT molecular complexity index is 1180. The average Bonchev–Trinajstić information content (AvgIpc) is 2.74. The number of pyridine rings is 2. The van der Waals surface area contributed by atoms with Crippen LogP contribution in [0.3, 0.4) is 0 Å². The quantitative estimate of drug-likeness (QED) is 0.664. The number of anilines is 1. The molecule has 1 fully saturated rings. The van der Waals surface area contributed by atoms with Gasteiger partial charge in [-0.15, -0.1) is 0 Å². The van der Waals surface area contributed by atoms with Crippen molar-refractivity contribution >= 4 is 16.7 Å². The van der Waals surface area contributed by atoms with E-state index in [1.165, 1.54) is 12.1 Å². The van der Waals surface area contributed by atoms with E-state index in [1.807, 2.05) is 0 Å². The van der Waals surface area contributed by atoms with Crippen molar-refractivity contribution in [1.82, 2.24) is 9.55 Å². The molecule has 0 aliphatic carbocycles. The standard InChI is InChI=1S/C23H23FN4O2/c1-14-13-28(15(2)10-21(14)30-18-7-4-16(24)5-8-18)20-11-22(29)27(3)19-9-6-17(12-25)26-23(19)20/h4-9,11,14-15,21H,10,13H2,1-3H3/t14-,15-,21+/m0/s1. The second-order valence-electron chi connectivity index (χ2n) is 7.93. The monoisotopic (exact) mass is 406 g/mol. The average molecular weight is 406 g/mol. The minimum Gasteiger partial charge on any atom is -0.490 e. The maximum Gasteiger partial charge on any atom is 0.252 e. The number of rotatable bonds is 3. The number of aromatic nitrogens is 2. The van der Waals surface area contributed by atoms with Crippen molar-refractivity contribution < 1.29 is 9.13 Å². The number of halogens is 1. The minimum absolute atomic E-state index is 0.0258. The normalized spacial score (nSPS) is 21.4. The Balaban J connectivity index is 1.66. The zero-order chi connectivity index (χ0) is 21.4. The van der Waals surface area contributed by atoms with Crippen molar-refractivity contribution in [3.63, 3.8) is 0 Å². The van der Waals surface area contributed by atoms with Crippen molar-refractivity contribution in [1.29, 1.82) is 5.26 Å². The molecule has 3 aromatic rings. The summed E-state index contributed by atoms with van der Waals surface area (Å²) in [6.07, 6.45) is 0.717. The van der Waals surface area contributed by atoms with E-state index in [4.69, 9.17) is 4.74 Å². The lowest BCUT2D eigenvalue weighted by Gasteiger charge is -2.43. The molecule has 1 aliphatic heterocycles. The minimum atomic E-state index is -0.291. The summed E-state index contributed by atoms with van der Waals surface area (Å²) in [5, 5.41) is 9.27. The Morgan fingerprint density at radius 1 is 1.20 bits per heavy atom. The highest BCUT2D eigenvalue weighted by Gasteiger charge is 2.34. The van der Waals surface area contributed by atoms with E-state index in [0.717, 1.165) is 12.1 Å². The van der Waals surface area contributed by atoms with Gasteiger partial charge in [-0.05, 0) is 43.3 Å². The number of piperidine rings is 1. The van der Waals surface area contributed by atoms with E-state index in [9.17, 15) is 14.4 Å². The Kier molecular flexibility index (Phi) is 5.17. The molecule has 2 aromatic heterocycles. The Hall–Kier alpha value is -3.40. The van der Waals surface area contributed by atoms with Crippen LogP contribution >= 0.6 is 0 Å². The number of nitriles is 1. The summed E-state index contributed by atoms with van der Waals surface area (Å²) >= 11 is 0. The number of hydrogen-bond acceptors (Lipinski definition) is 5. The van der Waals surface area contributed by atoms with Crippen LogP contribution in [0.25, 0.3) is 11.0 Å². The Morgan fingerprint density at radius 2 is 1.93 bits per heavy atom. The zero-order valence-corrected chi connectivity index (χ0v) is 17.2. The van der Waals surface area contributed by atoms with E-state index >= 15 is 0 Å². The van der Waals surface area contributed by atoms with E-state index < -0.39 is 0 Å². The Morgan fingerprint density at radius 3 is 2.63 bits per heavy atom. The maximum atomic E-state index is 13.2. The molecule has 7 heteroatoms. The third-order valence-corrected chi connectivity index (χ3v) is 5.82. The van der Waals surface area contributed by atoms with Crippen LogP contribution in [0.5, 0.6) is 5.75 Å². The van der Waals surface area contributed by atoms with Gasteiger partial charge >= 0.3 is 0 Å². The maximum absolute atomic E-state index is 13.2. The SMILES string of the molecule is C[C@H]1CN(c2cc(=O)n(C)c3ccc(C#N)nc23)[C@@H](C)C[C@H]1Oc1ccc(F)cc1. The van der Waals surface area contributed by atoms with Gasteiger partial charge in [-0.2, -0.15) is 5.26 Å². The van der Waals surface area contributed by atoms with Crippen LogP contribution < -0.4 is 15.2 Å². The van der Waals surface area contributed by atoms with Crippen molar-refractivity contribution in [2.75, 3.05) is 11.4 Å². The molecular weight excluding hydrogens is 383 g/mol. The van der Waals surface area contributed by atoms with Crippen LogP contribution in [0.15, 0.2) is 47.3 Å². The van der Waals surface area contributed by atoms with Gasteiger partial charge in [0, 0.05) is 38.0 Å². The van der Waals surface area contributed by atoms with Gasteiger partial charge in [-0.25, -0.2) is 9.37 Å². The largest absolute Gasteiger partial charge is 0.490 e. The van der Waals surface area contributed by atoms with Crippen molar-refractivity contribution in [3.8, 4) is 11.8 Å². The molecule has 0 unspecified atom stereocenters. The van der Waals surface area contributed by atoms with Gasteiger partial charge in [0.25, 0.3) is 5.56 Å². The molecule has 0 bridgehead atoms. The molecule has 0 saturated carbocycles. The molecule has 3 atom stereocenters. The number of fused-ring (bicyclic) bond motifs is 1. The predicted octanol–water partition coefficient (Wildman–Crippen LogP) is 3.63. The first kappa shape index (κ1) is 19.9. The molecule has 4 rings (SSSR count). The molecule has 1 aromatic carbocycles. The van der Waals surface area contributed by atoms with Crippen LogP contribution in [0.2, 0.25) is 0 Å². The first-order valence-electron chi connectivity index (χ1n) is 9.97. The summed E-state index contributed by atoms with van der Waals surface area (Å²) in [7, 11) is 1.71. The second-order valence-corrected chi connectivity index (χ2v) is 7.93. The molecule has 0 N–H and O–H groups in total. The van der Waals surface area contributed by atoms with Crippen LogP contribution in [0, 0.1) is 23.1 Å². The Labute approximate surface area is 174 Å². The summed E-state index contributed by atoms with van der Waals surface area (Å²) in [6.45, 7) is 4.86. The lowest BCUT2D eigenvalue weighted by atomic mass is 9.91. The van der Waals surface area contributed by atoms with Gasteiger partial charge in [-0.1, -0.05) is 6.92 Å². The molecule has 0 amide bonds. The lowest BCUT2D eigenvalue weighted by molar-refractivity contribution is 0.107. The summed E-state index contributed by atoms with van der Waals surface area (Å²) in [4.78, 5) is 19.2. The molecule has 3 heterocycles. The van der Waals surface area contributed by atoms with Crippen LogP contribution in [0.1, 0.15) is 26.0 Å². The molecule has 0 radical (unpaired) electrons. The zero-order valence-electron chi connectivity index (χ0n) is 17.2. The fourth-order valence-corrected chi connectivity index (χ4v) is 4.08. The highest BCUT2D eigenvalue weighted by Crippen LogP contribution is 2.33. The fraction of sp³-hybridized carbons (Fsp3) is 0.348. The molecule has 6 nitrogen and oxygen atoms in total. The number of nitrogens with zero attached hydrogens (tertiary/aromatic N) is 4. The van der Waals surface area contributed by atoms with Gasteiger partial charge in [0.2, 0.25) is 0 Å².